The third kappa shape index (κ3) is 4.55. The van der Waals surface area contributed by atoms with Crippen LogP contribution in [0.1, 0.15) is 36.4 Å². The Morgan fingerprint density at radius 3 is 2.92 bits per heavy atom. The van der Waals surface area contributed by atoms with Crippen molar-refractivity contribution < 1.29 is 19.7 Å². The van der Waals surface area contributed by atoms with Crippen LogP contribution in [0.3, 0.4) is 0 Å². The van der Waals surface area contributed by atoms with Gasteiger partial charge in [0.25, 0.3) is 0 Å². The highest BCUT2D eigenvalue weighted by molar-refractivity contribution is 6.30. The highest BCUT2D eigenvalue weighted by Crippen LogP contribution is 2.26. The maximum absolute atomic E-state index is 10.8. The number of aliphatic hydroxyl groups is 1. The number of nitrogens with zero attached hydrogens (tertiary/aromatic N) is 3. The number of rotatable bonds is 6. The summed E-state index contributed by atoms with van der Waals surface area (Å²) in [5.74, 6) is -0.491. The molecule has 3 rings (SSSR count). The molecule has 0 bridgehead atoms. The fraction of sp³-hybridized carbons (Fsp3) is 0.444. The Balaban J connectivity index is 1.77. The minimum absolute atomic E-state index is 0.390. The lowest BCUT2D eigenvalue weighted by molar-refractivity contribution is -0.139. The van der Waals surface area contributed by atoms with Crippen molar-refractivity contribution in [3.63, 3.8) is 0 Å². The molecule has 0 radical (unpaired) electrons. The van der Waals surface area contributed by atoms with Crippen LogP contribution >= 0.6 is 11.6 Å². The van der Waals surface area contributed by atoms with E-state index >= 15 is 0 Å². The molecule has 1 aliphatic heterocycles. The van der Waals surface area contributed by atoms with Gasteiger partial charge in [0.1, 0.15) is 5.75 Å². The predicted octanol–water partition coefficient (Wildman–Crippen LogP) is 2.46. The van der Waals surface area contributed by atoms with Crippen LogP contribution in [0, 0.1) is 0 Å². The first-order chi connectivity index (χ1) is 12.4. The van der Waals surface area contributed by atoms with Crippen LogP contribution < -0.4 is 4.74 Å². The van der Waals surface area contributed by atoms with Gasteiger partial charge in [0.05, 0.1) is 17.5 Å². The molecular formula is C18H22ClN3O4. The van der Waals surface area contributed by atoms with Crippen molar-refractivity contribution in [3.05, 3.63) is 46.2 Å². The lowest BCUT2D eigenvalue weighted by Crippen LogP contribution is -2.23. The second-order valence-corrected chi connectivity index (χ2v) is 6.89. The van der Waals surface area contributed by atoms with E-state index in [4.69, 9.17) is 21.4 Å². The largest absolute Gasteiger partial charge is 0.482 e. The smallest absolute Gasteiger partial charge is 0.341 e. The number of ether oxygens (including phenoxy) is 1. The topological polar surface area (TPSA) is 87.8 Å². The van der Waals surface area contributed by atoms with Gasteiger partial charge in [0, 0.05) is 36.8 Å². The molecule has 0 aliphatic carbocycles. The van der Waals surface area contributed by atoms with E-state index in [1.165, 1.54) is 0 Å². The molecular weight excluding hydrogens is 358 g/mol. The maximum Gasteiger partial charge on any atom is 0.341 e. The molecule has 2 N–H and O–H groups in total. The molecule has 26 heavy (non-hydrogen) atoms. The number of carboxylic acids is 1. The fourth-order valence-corrected chi connectivity index (χ4v) is 3.28. The van der Waals surface area contributed by atoms with Gasteiger partial charge in [-0.15, -0.1) is 0 Å². The number of aryl methyl sites for hydroxylation is 1. The first kappa shape index (κ1) is 18.7. The Labute approximate surface area is 156 Å². The number of aromatic nitrogens is 2. The average Bonchev–Trinajstić information content (AvgIpc) is 2.88. The minimum Gasteiger partial charge on any atom is -0.482 e. The standard InChI is InChI=1S/C18H22ClN3O4/c1-12(23)16-8-15-10-21(5-2-6-22(15)20-16)9-13-7-14(19)3-4-17(13)26-11-18(24)25/h3-4,7-8,12,23H,2,5-6,9-11H2,1H3,(H,24,25). The van der Waals surface area contributed by atoms with Crippen molar-refractivity contribution in [2.75, 3.05) is 13.2 Å². The summed E-state index contributed by atoms with van der Waals surface area (Å²) < 4.78 is 7.34. The quantitative estimate of drug-likeness (QED) is 0.801. The van der Waals surface area contributed by atoms with E-state index in [1.807, 2.05) is 16.8 Å². The highest BCUT2D eigenvalue weighted by Gasteiger charge is 2.19. The van der Waals surface area contributed by atoms with E-state index in [9.17, 15) is 9.90 Å². The molecule has 0 fully saturated rings. The second kappa shape index (κ2) is 8.07. The average molecular weight is 380 g/mol. The van der Waals surface area contributed by atoms with Crippen molar-refractivity contribution >= 4 is 17.6 Å². The van der Waals surface area contributed by atoms with Crippen LogP contribution in [-0.4, -0.2) is 44.0 Å². The van der Waals surface area contributed by atoms with Crippen LogP contribution in [0.5, 0.6) is 5.75 Å². The van der Waals surface area contributed by atoms with Crippen molar-refractivity contribution in [3.8, 4) is 5.75 Å². The zero-order valence-corrected chi connectivity index (χ0v) is 15.3. The molecule has 1 unspecified atom stereocenters. The van der Waals surface area contributed by atoms with Crippen LogP contribution in [-0.2, 0) is 24.4 Å². The van der Waals surface area contributed by atoms with Gasteiger partial charge in [0.2, 0.25) is 0 Å². The summed E-state index contributed by atoms with van der Waals surface area (Å²) in [4.78, 5) is 13.0. The van der Waals surface area contributed by atoms with Crippen LogP contribution in [0.4, 0.5) is 0 Å². The molecule has 2 heterocycles. The minimum atomic E-state index is -1.02. The molecule has 0 saturated carbocycles. The number of carbonyl (C=O) groups is 1. The van der Waals surface area contributed by atoms with Gasteiger partial charge in [0.15, 0.2) is 6.61 Å². The number of benzene rings is 1. The normalized spacial score (nSPS) is 16.0. The van der Waals surface area contributed by atoms with Gasteiger partial charge in [-0.2, -0.15) is 5.10 Å². The third-order valence-corrected chi connectivity index (χ3v) is 4.54. The fourth-order valence-electron chi connectivity index (χ4n) is 3.08. The highest BCUT2D eigenvalue weighted by atomic mass is 35.5. The molecule has 140 valence electrons. The number of halogens is 1. The number of hydrogen-bond donors (Lipinski definition) is 2. The van der Waals surface area contributed by atoms with Gasteiger partial charge < -0.3 is 14.9 Å². The number of aliphatic hydroxyl groups excluding tert-OH is 1. The molecule has 0 spiro atoms. The van der Waals surface area contributed by atoms with Crippen LogP contribution in [0.2, 0.25) is 5.02 Å². The van der Waals surface area contributed by atoms with Gasteiger partial charge in [-0.3, -0.25) is 9.58 Å². The van der Waals surface area contributed by atoms with Crippen molar-refractivity contribution in [2.24, 2.45) is 0 Å². The van der Waals surface area contributed by atoms with E-state index in [-0.39, 0.29) is 6.61 Å². The molecule has 1 aromatic heterocycles. The second-order valence-electron chi connectivity index (χ2n) is 6.46. The van der Waals surface area contributed by atoms with Crippen LogP contribution in [0.15, 0.2) is 24.3 Å². The van der Waals surface area contributed by atoms with Gasteiger partial charge in [-0.05, 0) is 37.6 Å². The summed E-state index contributed by atoms with van der Waals surface area (Å²) in [6, 6.07) is 7.13. The molecule has 0 amide bonds. The molecule has 0 saturated heterocycles. The molecule has 1 atom stereocenters. The van der Waals surface area contributed by atoms with Gasteiger partial charge in [-0.25, -0.2) is 4.79 Å². The molecule has 8 heteroatoms. The predicted molar refractivity (Wildman–Crippen MR) is 96.2 cm³/mol. The van der Waals surface area contributed by atoms with Gasteiger partial charge >= 0.3 is 5.97 Å². The number of hydrogen-bond acceptors (Lipinski definition) is 5. The summed E-state index contributed by atoms with van der Waals surface area (Å²) >= 11 is 6.12. The molecule has 1 aliphatic rings. The summed E-state index contributed by atoms with van der Waals surface area (Å²) in [5, 5.41) is 23.6. The summed E-state index contributed by atoms with van der Waals surface area (Å²) in [7, 11) is 0. The lowest BCUT2D eigenvalue weighted by Gasteiger charge is -2.21. The Kier molecular flexibility index (Phi) is 5.80. The first-order valence-corrected chi connectivity index (χ1v) is 8.90. The summed E-state index contributed by atoms with van der Waals surface area (Å²) in [6.07, 6.45) is 0.339. The molecule has 7 nitrogen and oxygen atoms in total. The number of aliphatic carboxylic acids is 1. The Morgan fingerprint density at radius 2 is 2.19 bits per heavy atom. The maximum atomic E-state index is 10.8. The Morgan fingerprint density at radius 1 is 1.38 bits per heavy atom. The summed E-state index contributed by atoms with van der Waals surface area (Å²) in [5.41, 5.74) is 2.57. The lowest BCUT2D eigenvalue weighted by atomic mass is 10.1. The zero-order valence-electron chi connectivity index (χ0n) is 14.6. The third-order valence-electron chi connectivity index (χ3n) is 4.31. The molecule has 1 aromatic carbocycles. The first-order valence-electron chi connectivity index (χ1n) is 8.52. The SMILES string of the molecule is CC(O)c1cc2n(n1)CCCN(Cc1cc(Cl)ccc1OCC(=O)O)C2. The zero-order chi connectivity index (χ0) is 18.7. The van der Waals surface area contributed by atoms with E-state index in [0.717, 1.165) is 30.8 Å². The van der Waals surface area contributed by atoms with E-state index < -0.39 is 12.1 Å². The van der Waals surface area contributed by atoms with E-state index in [2.05, 4.69) is 10.00 Å². The van der Waals surface area contributed by atoms with E-state index in [0.29, 0.717) is 29.6 Å². The van der Waals surface area contributed by atoms with Gasteiger partial charge in [-0.1, -0.05) is 11.6 Å². The number of carboxylic acid groups (broad SMARTS) is 1. The monoisotopic (exact) mass is 379 g/mol. The van der Waals surface area contributed by atoms with Crippen molar-refractivity contribution in [1.82, 2.24) is 14.7 Å². The van der Waals surface area contributed by atoms with Crippen molar-refractivity contribution in [2.45, 2.75) is 39.1 Å². The van der Waals surface area contributed by atoms with Crippen LogP contribution in [0.25, 0.3) is 0 Å². The van der Waals surface area contributed by atoms with Crippen molar-refractivity contribution in [1.29, 1.82) is 0 Å². The Hall–Kier alpha value is -2.09. The summed E-state index contributed by atoms with van der Waals surface area (Å²) in [6.45, 7) is 4.27. The van der Waals surface area contributed by atoms with E-state index in [1.54, 1.807) is 19.1 Å². The Bertz CT molecular complexity index is 791. The number of fused-ring (bicyclic) bond motifs is 1. The molecule has 2 aromatic rings.